The standard InChI is InChI=1S/C15H22N2O3/c1-14(2,13(19)20)10-6-8-11(9-7-10)17-12(18)15(3,4)16-5/h6-9,16H,1-5H3,(H,17,18)(H,19,20). The molecule has 1 aromatic rings. The van der Waals surface area contributed by atoms with Crippen molar-refractivity contribution in [2.45, 2.75) is 38.6 Å². The van der Waals surface area contributed by atoms with E-state index in [2.05, 4.69) is 10.6 Å². The second kappa shape index (κ2) is 5.63. The minimum absolute atomic E-state index is 0.148. The Kier molecular flexibility index (Phi) is 4.55. The van der Waals surface area contributed by atoms with Gasteiger partial charge >= 0.3 is 5.97 Å². The second-order valence-electron chi connectivity index (χ2n) is 5.84. The van der Waals surface area contributed by atoms with Gasteiger partial charge in [0, 0.05) is 5.69 Å². The van der Waals surface area contributed by atoms with Crippen LogP contribution >= 0.6 is 0 Å². The van der Waals surface area contributed by atoms with Gasteiger partial charge in [0.25, 0.3) is 0 Å². The van der Waals surface area contributed by atoms with E-state index in [1.165, 1.54) is 0 Å². The van der Waals surface area contributed by atoms with Crippen LogP contribution in [0.15, 0.2) is 24.3 Å². The molecule has 0 fully saturated rings. The summed E-state index contributed by atoms with van der Waals surface area (Å²) < 4.78 is 0. The number of rotatable bonds is 5. The normalized spacial score (nSPS) is 12.1. The van der Waals surface area contributed by atoms with Gasteiger partial charge in [-0.15, -0.1) is 0 Å². The van der Waals surface area contributed by atoms with Crippen LogP contribution in [0.2, 0.25) is 0 Å². The van der Waals surface area contributed by atoms with Crippen LogP contribution in [-0.2, 0) is 15.0 Å². The van der Waals surface area contributed by atoms with E-state index < -0.39 is 16.9 Å². The highest BCUT2D eigenvalue weighted by atomic mass is 16.4. The predicted octanol–water partition coefficient (Wildman–Crippen LogP) is 1.99. The maximum atomic E-state index is 12.0. The van der Waals surface area contributed by atoms with Gasteiger partial charge in [-0.05, 0) is 52.4 Å². The quantitative estimate of drug-likeness (QED) is 0.769. The highest BCUT2D eigenvalue weighted by molar-refractivity contribution is 5.97. The number of carbonyl (C=O) groups is 2. The molecule has 0 aliphatic carbocycles. The molecule has 0 saturated carbocycles. The number of carbonyl (C=O) groups excluding carboxylic acids is 1. The Hall–Kier alpha value is -1.88. The fraction of sp³-hybridized carbons (Fsp3) is 0.467. The highest BCUT2D eigenvalue weighted by Crippen LogP contribution is 2.25. The minimum atomic E-state index is -0.952. The van der Waals surface area contributed by atoms with Crippen molar-refractivity contribution in [2.24, 2.45) is 0 Å². The Morgan fingerprint density at radius 3 is 1.95 bits per heavy atom. The number of carboxylic acid groups (broad SMARTS) is 1. The molecule has 3 N–H and O–H groups in total. The third-order valence-corrected chi connectivity index (χ3v) is 3.59. The topological polar surface area (TPSA) is 78.4 Å². The molecular weight excluding hydrogens is 256 g/mol. The lowest BCUT2D eigenvalue weighted by atomic mass is 9.85. The van der Waals surface area contributed by atoms with Crippen molar-refractivity contribution in [3.05, 3.63) is 29.8 Å². The summed E-state index contributed by atoms with van der Waals surface area (Å²) in [5.74, 6) is -1.03. The Bertz CT molecular complexity index is 504. The maximum absolute atomic E-state index is 12.0. The molecule has 5 nitrogen and oxygen atoms in total. The third kappa shape index (κ3) is 3.36. The Labute approximate surface area is 119 Å². The molecule has 0 radical (unpaired) electrons. The maximum Gasteiger partial charge on any atom is 0.313 e. The Morgan fingerprint density at radius 2 is 1.55 bits per heavy atom. The molecule has 0 unspecified atom stereocenters. The van der Waals surface area contributed by atoms with Crippen molar-refractivity contribution in [2.75, 3.05) is 12.4 Å². The zero-order chi connectivity index (χ0) is 15.6. The molecule has 0 atom stereocenters. The summed E-state index contributed by atoms with van der Waals surface area (Å²) in [7, 11) is 1.72. The number of aliphatic carboxylic acids is 1. The molecule has 0 heterocycles. The van der Waals surface area contributed by atoms with Crippen molar-refractivity contribution in [3.63, 3.8) is 0 Å². The van der Waals surface area contributed by atoms with E-state index in [9.17, 15) is 9.59 Å². The molecule has 0 aliphatic heterocycles. The number of carboxylic acids is 1. The van der Waals surface area contributed by atoms with E-state index in [0.29, 0.717) is 11.3 Å². The summed E-state index contributed by atoms with van der Waals surface area (Å²) in [6, 6.07) is 6.86. The molecule has 1 amide bonds. The molecule has 1 aromatic carbocycles. The first-order chi connectivity index (χ1) is 9.11. The summed E-state index contributed by atoms with van der Waals surface area (Å²) in [6.45, 7) is 6.86. The smallest absolute Gasteiger partial charge is 0.313 e. The molecule has 0 bridgehead atoms. The number of nitrogens with one attached hydrogen (secondary N) is 2. The number of hydrogen-bond donors (Lipinski definition) is 3. The van der Waals surface area contributed by atoms with Crippen LogP contribution < -0.4 is 10.6 Å². The minimum Gasteiger partial charge on any atom is -0.481 e. The summed E-state index contributed by atoms with van der Waals surface area (Å²) in [5, 5.41) is 14.9. The van der Waals surface area contributed by atoms with Crippen LogP contribution in [0.3, 0.4) is 0 Å². The lowest BCUT2D eigenvalue weighted by Gasteiger charge is -2.23. The third-order valence-electron chi connectivity index (χ3n) is 3.59. The first-order valence-corrected chi connectivity index (χ1v) is 6.45. The van der Waals surface area contributed by atoms with Gasteiger partial charge in [0.2, 0.25) is 5.91 Å². The SMILES string of the molecule is CNC(C)(C)C(=O)Nc1ccc(C(C)(C)C(=O)O)cc1. The Morgan fingerprint density at radius 1 is 1.05 bits per heavy atom. The van der Waals surface area contributed by atoms with Gasteiger partial charge < -0.3 is 15.7 Å². The Balaban J connectivity index is 2.88. The van der Waals surface area contributed by atoms with Gasteiger partial charge in [-0.25, -0.2) is 0 Å². The van der Waals surface area contributed by atoms with Crippen LogP contribution in [0.25, 0.3) is 0 Å². The van der Waals surface area contributed by atoms with Gasteiger partial charge in [0.05, 0.1) is 11.0 Å². The largest absolute Gasteiger partial charge is 0.481 e. The molecule has 20 heavy (non-hydrogen) atoms. The van der Waals surface area contributed by atoms with Crippen LogP contribution in [0.4, 0.5) is 5.69 Å². The fourth-order valence-electron chi connectivity index (χ4n) is 1.49. The molecule has 0 saturated heterocycles. The number of likely N-dealkylation sites (N-methyl/N-ethyl adjacent to an activating group) is 1. The van der Waals surface area contributed by atoms with E-state index in [0.717, 1.165) is 0 Å². The number of hydrogen-bond acceptors (Lipinski definition) is 3. The average Bonchev–Trinajstić information content (AvgIpc) is 2.39. The predicted molar refractivity (Wildman–Crippen MR) is 78.9 cm³/mol. The average molecular weight is 278 g/mol. The molecule has 0 aliphatic rings. The summed E-state index contributed by atoms with van der Waals surface area (Å²) in [6.07, 6.45) is 0. The zero-order valence-corrected chi connectivity index (χ0v) is 12.6. The summed E-state index contributed by atoms with van der Waals surface area (Å²) >= 11 is 0. The van der Waals surface area contributed by atoms with E-state index in [1.807, 2.05) is 0 Å². The van der Waals surface area contributed by atoms with Crippen LogP contribution in [0.5, 0.6) is 0 Å². The highest BCUT2D eigenvalue weighted by Gasteiger charge is 2.29. The molecule has 110 valence electrons. The van der Waals surface area contributed by atoms with Crippen molar-refractivity contribution in [1.29, 1.82) is 0 Å². The number of anilines is 1. The zero-order valence-electron chi connectivity index (χ0n) is 12.6. The van der Waals surface area contributed by atoms with Crippen LogP contribution in [-0.4, -0.2) is 29.6 Å². The van der Waals surface area contributed by atoms with E-state index in [4.69, 9.17) is 5.11 Å². The lowest BCUT2D eigenvalue weighted by Crippen LogP contribution is -2.47. The van der Waals surface area contributed by atoms with Gasteiger partial charge in [0.15, 0.2) is 0 Å². The van der Waals surface area contributed by atoms with Crippen molar-refractivity contribution < 1.29 is 14.7 Å². The van der Waals surface area contributed by atoms with Crippen molar-refractivity contribution in [1.82, 2.24) is 5.32 Å². The van der Waals surface area contributed by atoms with Gasteiger partial charge in [-0.3, -0.25) is 9.59 Å². The number of amides is 1. The van der Waals surface area contributed by atoms with Gasteiger partial charge in [0.1, 0.15) is 0 Å². The van der Waals surface area contributed by atoms with Crippen molar-refractivity contribution in [3.8, 4) is 0 Å². The van der Waals surface area contributed by atoms with Crippen LogP contribution in [0.1, 0.15) is 33.3 Å². The molecule has 5 heteroatoms. The first-order valence-electron chi connectivity index (χ1n) is 6.45. The molecule has 0 spiro atoms. The number of benzene rings is 1. The second-order valence-corrected chi connectivity index (χ2v) is 5.84. The van der Waals surface area contributed by atoms with Crippen LogP contribution in [0, 0.1) is 0 Å². The first kappa shape index (κ1) is 16.2. The lowest BCUT2D eigenvalue weighted by molar-refractivity contribution is -0.142. The molecule has 1 rings (SSSR count). The molecule has 0 aromatic heterocycles. The monoisotopic (exact) mass is 278 g/mol. The summed E-state index contributed by atoms with van der Waals surface area (Å²) in [4.78, 5) is 23.2. The van der Waals surface area contributed by atoms with E-state index in [1.54, 1.807) is 59.0 Å². The van der Waals surface area contributed by atoms with Crippen molar-refractivity contribution >= 4 is 17.6 Å². The molecular formula is C15H22N2O3. The fourth-order valence-corrected chi connectivity index (χ4v) is 1.49. The van der Waals surface area contributed by atoms with E-state index >= 15 is 0 Å². The van der Waals surface area contributed by atoms with Gasteiger partial charge in [-0.2, -0.15) is 0 Å². The van der Waals surface area contributed by atoms with E-state index in [-0.39, 0.29) is 5.91 Å². The summed E-state index contributed by atoms with van der Waals surface area (Å²) in [5.41, 5.74) is -0.287. The van der Waals surface area contributed by atoms with Gasteiger partial charge in [-0.1, -0.05) is 12.1 Å².